The topological polar surface area (TPSA) is 61.5 Å². The van der Waals surface area contributed by atoms with E-state index < -0.39 is 11.0 Å². The molecule has 152 valence electrons. The van der Waals surface area contributed by atoms with Crippen LogP contribution in [0.2, 0.25) is 0 Å². The molecule has 0 heterocycles. The van der Waals surface area contributed by atoms with Gasteiger partial charge in [-0.05, 0) is 64.5 Å². The van der Waals surface area contributed by atoms with E-state index in [4.69, 9.17) is 15.2 Å². The van der Waals surface area contributed by atoms with Crippen molar-refractivity contribution in [3.8, 4) is 0 Å². The van der Waals surface area contributed by atoms with Crippen LogP contribution in [0.3, 0.4) is 0 Å². The first-order valence-electron chi connectivity index (χ1n) is 10.3. The predicted molar refractivity (Wildman–Crippen MR) is 110 cm³/mol. The number of esters is 1. The SMILES string of the molecule is CCC1=C(/C(COC)=C(\OC(=O)C(C)(C)C)C2(N)CCCCC2)CC(C)=C1. The number of hydrogen-bond acceptors (Lipinski definition) is 4. The zero-order valence-corrected chi connectivity index (χ0v) is 18.0. The van der Waals surface area contributed by atoms with Crippen LogP contribution >= 0.6 is 0 Å². The first-order chi connectivity index (χ1) is 12.6. The average Bonchev–Trinajstić information content (AvgIpc) is 2.98. The first-order valence-corrected chi connectivity index (χ1v) is 10.3. The Kier molecular flexibility index (Phi) is 7.09. The molecule has 0 aromatic carbocycles. The van der Waals surface area contributed by atoms with Gasteiger partial charge in [-0.15, -0.1) is 0 Å². The lowest BCUT2D eigenvalue weighted by Crippen LogP contribution is -2.46. The van der Waals surface area contributed by atoms with Gasteiger partial charge in [0.15, 0.2) is 0 Å². The van der Waals surface area contributed by atoms with Crippen molar-refractivity contribution in [1.29, 1.82) is 0 Å². The van der Waals surface area contributed by atoms with Crippen LogP contribution in [-0.2, 0) is 14.3 Å². The number of hydrogen-bond donors (Lipinski definition) is 1. The Labute approximate surface area is 164 Å². The Morgan fingerprint density at radius 1 is 1.22 bits per heavy atom. The average molecular weight is 376 g/mol. The molecule has 1 saturated carbocycles. The van der Waals surface area contributed by atoms with Gasteiger partial charge in [0.25, 0.3) is 0 Å². The van der Waals surface area contributed by atoms with Crippen molar-refractivity contribution in [3.05, 3.63) is 34.1 Å². The zero-order valence-electron chi connectivity index (χ0n) is 18.0. The van der Waals surface area contributed by atoms with Gasteiger partial charge in [0.2, 0.25) is 0 Å². The van der Waals surface area contributed by atoms with E-state index in [0.29, 0.717) is 12.4 Å². The molecule has 0 amide bonds. The minimum absolute atomic E-state index is 0.233. The fraction of sp³-hybridized carbons (Fsp3) is 0.696. The van der Waals surface area contributed by atoms with Crippen LogP contribution in [-0.4, -0.2) is 25.2 Å². The molecule has 0 radical (unpaired) electrons. The van der Waals surface area contributed by atoms with Gasteiger partial charge in [-0.2, -0.15) is 0 Å². The van der Waals surface area contributed by atoms with Crippen LogP contribution in [0.15, 0.2) is 34.1 Å². The predicted octanol–water partition coefficient (Wildman–Crippen LogP) is 5.19. The lowest BCUT2D eigenvalue weighted by Gasteiger charge is -2.37. The van der Waals surface area contributed by atoms with E-state index in [1.54, 1.807) is 7.11 Å². The van der Waals surface area contributed by atoms with E-state index in [1.165, 1.54) is 23.1 Å². The number of nitrogens with two attached hydrogens (primary N) is 1. The molecule has 2 aliphatic carbocycles. The smallest absolute Gasteiger partial charge is 0.316 e. The van der Waals surface area contributed by atoms with Gasteiger partial charge in [0.05, 0.1) is 17.6 Å². The fourth-order valence-electron chi connectivity index (χ4n) is 4.00. The minimum Gasteiger partial charge on any atom is -0.428 e. The van der Waals surface area contributed by atoms with Crippen LogP contribution in [0.5, 0.6) is 0 Å². The van der Waals surface area contributed by atoms with Gasteiger partial charge in [0, 0.05) is 12.7 Å². The molecule has 0 bridgehead atoms. The highest BCUT2D eigenvalue weighted by Crippen LogP contribution is 2.41. The standard InChI is InChI=1S/C23H37NO3/c1-7-17-13-16(2)14-18(17)19(15-26-6)20(27-21(25)22(3,4)5)23(24)11-9-8-10-12-23/h13H,7-12,14-15,24H2,1-6H3/b20-19-. The Hall–Kier alpha value is -1.39. The second kappa shape index (κ2) is 8.74. The molecule has 2 rings (SSSR count). The molecular weight excluding hydrogens is 338 g/mol. The lowest BCUT2D eigenvalue weighted by molar-refractivity contribution is -0.150. The molecular formula is C23H37NO3. The second-order valence-electron chi connectivity index (χ2n) is 9.12. The van der Waals surface area contributed by atoms with Gasteiger partial charge in [-0.1, -0.05) is 37.8 Å². The Morgan fingerprint density at radius 3 is 2.37 bits per heavy atom. The number of rotatable bonds is 6. The number of ether oxygens (including phenoxy) is 2. The summed E-state index contributed by atoms with van der Waals surface area (Å²) >= 11 is 0. The normalized spacial score (nSPS) is 21.1. The third kappa shape index (κ3) is 5.11. The van der Waals surface area contributed by atoms with Crippen molar-refractivity contribution in [1.82, 2.24) is 0 Å². The summed E-state index contributed by atoms with van der Waals surface area (Å²) in [6, 6.07) is 0. The van der Waals surface area contributed by atoms with Crippen molar-refractivity contribution in [2.45, 2.75) is 85.1 Å². The maximum atomic E-state index is 12.8. The van der Waals surface area contributed by atoms with Gasteiger partial charge in [-0.25, -0.2) is 0 Å². The summed E-state index contributed by atoms with van der Waals surface area (Å²) in [7, 11) is 1.69. The molecule has 2 aliphatic rings. The summed E-state index contributed by atoms with van der Waals surface area (Å²) in [4.78, 5) is 12.8. The van der Waals surface area contributed by atoms with Gasteiger partial charge < -0.3 is 15.2 Å². The molecule has 0 unspecified atom stereocenters. The zero-order chi connectivity index (χ0) is 20.2. The van der Waals surface area contributed by atoms with Crippen molar-refractivity contribution in [2.75, 3.05) is 13.7 Å². The highest BCUT2D eigenvalue weighted by atomic mass is 16.5. The van der Waals surface area contributed by atoms with E-state index in [9.17, 15) is 4.79 Å². The summed E-state index contributed by atoms with van der Waals surface area (Å²) in [6.07, 6.45) is 9.05. The van der Waals surface area contributed by atoms with Crippen molar-refractivity contribution < 1.29 is 14.3 Å². The van der Waals surface area contributed by atoms with E-state index >= 15 is 0 Å². The van der Waals surface area contributed by atoms with Gasteiger partial charge in [0.1, 0.15) is 5.76 Å². The molecule has 0 saturated heterocycles. The van der Waals surface area contributed by atoms with Crippen molar-refractivity contribution in [2.24, 2.45) is 11.1 Å². The van der Waals surface area contributed by atoms with Gasteiger partial charge >= 0.3 is 5.97 Å². The largest absolute Gasteiger partial charge is 0.428 e. The molecule has 0 spiro atoms. The summed E-state index contributed by atoms with van der Waals surface area (Å²) in [5.41, 5.74) is 10.5. The molecule has 2 N–H and O–H groups in total. The maximum Gasteiger partial charge on any atom is 0.316 e. The Morgan fingerprint density at radius 2 is 1.85 bits per heavy atom. The first kappa shape index (κ1) is 21.9. The highest BCUT2D eigenvalue weighted by Gasteiger charge is 2.39. The molecule has 0 aromatic heterocycles. The fourth-order valence-corrected chi connectivity index (χ4v) is 4.00. The lowest BCUT2D eigenvalue weighted by atomic mass is 9.78. The molecule has 27 heavy (non-hydrogen) atoms. The Balaban J connectivity index is 2.60. The monoisotopic (exact) mass is 375 g/mol. The molecule has 0 atom stereocenters. The molecule has 0 aromatic rings. The van der Waals surface area contributed by atoms with Crippen LogP contribution in [0.25, 0.3) is 0 Å². The number of allylic oxidation sites excluding steroid dienone is 3. The molecule has 0 aliphatic heterocycles. The third-order valence-electron chi connectivity index (χ3n) is 5.58. The molecule has 4 nitrogen and oxygen atoms in total. The quantitative estimate of drug-likeness (QED) is 0.512. The van der Waals surface area contributed by atoms with Crippen LogP contribution in [0, 0.1) is 5.41 Å². The molecule has 1 fully saturated rings. The summed E-state index contributed by atoms with van der Waals surface area (Å²) in [5, 5.41) is 0. The summed E-state index contributed by atoms with van der Waals surface area (Å²) in [5.74, 6) is 0.413. The number of methoxy groups -OCH3 is 1. The second-order valence-corrected chi connectivity index (χ2v) is 9.12. The van der Waals surface area contributed by atoms with Crippen LogP contribution in [0.4, 0.5) is 0 Å². The third-order valence-corrected chi connectivity index (χ3v) is 5.58. The van der Waals surface area contributed by atoms with E-state index in [1.807, 2.05) is 20.8 Å². The minimum atomic E-state index is -0.602. The summed E-state index contributed by atoms with van der Waals surface area (Å²) < 4.78 is 11.7. The number of carbonyl (C=O) groups excluding carboxylic acids is 1. The van der Waals surface area contributed by atoms with Crippen molar-refractivity contribution in [3.63, 3.8) is 0 Å². The van der Waals surface area contributed by atoms with Crippen LogP contribution in [0.1, 0.15) is 79.6 Å². The van der Waals surface area contributed by atoms with Gasteiger partial charge in [-0.3, -0.25) is 4.79 Å². The van der Waals surface area contributed by atoms with E-state index in [2.05, 4.69) is 19.9 Å². The van der Waals surface area contributed by atoms with E-state index in [-0.39, 0.29) is 5.97 Å². The molecule has 4 heteroatoms. The van der Waals surface area contributed by atoms with E-state index in [0.717, 1.165) is 44.1 Å². The maximum absolute atomic E-state index is 12.8. The highest BCUT2D eigenvalue weighted by molar-refractivity contribution is 5.77. The van der Waals surface area contributed by atoms with Crippen LogP contribution < -0.4 is 5.73 Å². The summed E-state index contributed by atoms with van der Waals surface area (Å²) in [6.45, 7) is 10.4. The van der Waals surface area contributed by atoms with Crippen molar-refractivity contribution >= 4 is 5.97 Å². The Bertz CT molecular complexity index is 656. The number of carbonyl (C=O) groups is 1.